The molecule has 2 nitrogen and oxygen atoms in total. The number of ketones is 2. The summed E-state index contributed by atoms with van der Waals surface area (Å²) in [5, 5.41) is 2.25. The first-order chi connectivity index (χ1) is 10.0. The summed E-state index contributed by atoms with van der Waals surface area (Å²) in [6.45, 7) is 3.22. The summed E-state index contributed by atoms with van der Waals surface area (Å²) in [4.78, 5) is 23.8. The van der Waals surface area contributed by atoms with E-state index < -0.39 is 7.26 Å². The zero-order chi connectivity index (χ0) is 15.3. The van der Waals surface area contributed by atoms with Crippen molar-refractivity contribution in [2.45, 2.75) is 13.8 Å². The number of rotatable bonds is 6. The van der Waals surface area contributed by atoms with Gasteiger partial charge >= 0.3 is 0 Å². The highest BCUT2D eigenvalue weighted by Crippen LogP contribution is 2.56. The molecule has 0 bridgehead atoms. The van der Waals surface area contributed by atoms with E-state index in [4.69, 9.17) is 0 Å². The Bertz CT molecular complexity index is 563. The molecule has 0 aliphatic carbocycles. The van der Waals surface area contributed by atoms with Gasteiger partial charge in [-0.15, -0.1) is 0 Å². The standard InChI is InChI=1S/C18H20O2P/c1-15(19)13-21(14-16(2)20,17-9-5-3-6-10-17)18-11-7-4-8-12-18/h3-12H,13-14H2,1-2H3/q+1. The molecule has 2 aromatic carbocycles. The number of Topliss-reactive ketones (excluding diaryl/α,β-unsaturated/α-hetero) is 2. The third kappa shape index (κ3) is 3.65. The topological polar surface area (TPSA) is 34.1 Å². The highest BCUT2D eigenvalue weighted by molar-refractivity contribution is 7.90. The Kier molecular flexibility index (Phi) is 5.03. The van der Waals surface area contributed by atoms with Crippen molar-refractivity contribution in [3.05, 3.63) is 60.7 Å². The monoisotopic (exact) mass is 299 g/mol. The molecule has 0 saturated heterocycles. The van der Waals surface area contributed by atoms with Crippen molar-refractivity contribution in [1.29, 1.82) is 0 Å². The summed E-state index contributed by atoms with van der Waals surface area (Å²) < 4.78 is 0. The molecule has 0 heterocycles. The normalized spacial score (nSPS) is 11.1. The predicted octanol–water partition coefficient (Wildman–Crippen LogP) is 2.83. The largest absolute Gasteiger partial charge is 0.296 e. The summed E-state index contributed by atoms with van der Waals surface area (Å²) in [6, 6.07) is 20.0. The molecule has 3 heteroatoms. The van der Waals surface area contributed by atoms with Gasteiger partial charge in [0.15, 0.2) is 11.6 Å². The molecule has 0 aromatic heterocycles. The minimum Gasteiger partial charge on any atom is -0.296 e. The number of benzene rings is 2. The van der Waals surface area contributed by atoms with E-state index >= 15 is 0 Å². The van der Waals surface area contributed by atoms with Gasteiger partial charge in [0.25, 0.3) is 0 Å². The van der Waals surface area contributed by atoms with E-state index in [9.17, 15) is 9.59 Å². The molecule has 0 amide bonds. The van der Waals surface area contributed by atoms with Crippen molar-refractivity contribution in [2.24, 2.45) is 0 Å². The van der Waals surface area contributed by atoms with Crippen LogP contribution in [0.5, 0.6) is 0 Å². The summed E-state index contributed by atoms with van der Waals surface area (Å²) in [7, 11) is -2.01. The minimum atomic E-state index is -2.01. The maximum atomic E-state index is 11.9. The molecule has 0 saturated carbocycles. The Morgan fingerprint density at radius 2 is 1.05 bits per heavy atom. The first-order valence-electron chi connectivity index (χ1n) is 7.02. The van der Waals surface area contributed by atoms with E-state index in [1.165, 1.54) is 0 Å². The zero-order valence-corrected chi connectivity index (χ0v) is 13.3. The van der Waals surface area contributed by atoms with Crippen molar-refractivity contribution in [3.63, 3.8) is 0 Å². The third-order valence-electron chi connectivity index (χ3n) is 3.49. The van der Waals surface area contributed by atoms with Crippen molar-refractivity contribution < 1.29 is 9.59 Å². The quantitative estimate of drug-likeness (QED) is 0.769. The van der Waals surface area contributed by atoms with E-state index in [1.807, 2.05) is 60.7 Å². The molecule has 2 rings (SSSR count). The van der Waals surface area contributed by atoms with Crippen LogP contribution in [0.2, 0.25) is 0 Å². The van der Waals surface area contributed by atoms with Gasteiger partial charge in [-0.1, -0.05) is 36.4 Å². The maximum absolute atomic E-state index is 11.9. The van der Waals surface area contributed by atoms with Crippen LogP contribution in [0.1, 0.15) is 13.8 Å². The molecule has 0 aliphatic rings. The van der Waals surface area contributed by atoms with Crippen molar-refractivity contribution in [3.8, 4) is 0 Å². The van der Waals surface area contributed by atoms with Gasteiger partial charge < -0.3 is 0 Å². The van der Waals surface area contributed by atoms with Crippen LogP contribution < -0.4 is 10.6 Å². The molecule has 21 heavy (non-hydrogen) atoms. The highest BCUT2D eigenvalue weighted by Gasteiger charge is 2.44. The number of carbonyl (C=O) groups is 2. The van der Waals surface area contributed by atoms with Crippen molar-refractivity contribution in [2.75, 3.05) is 12.3 Å². The summed E-state index contributed by atoms with van der Waals surface area (Å²) in [5.74, 6) is 0.273. The molecular weight excluding hydrogens is 279 g/mol. The van der Waals surface area contributed by atoms with Crippen LogP contribution in [0.3, 0.4) is 0 Å². The van der Waals surface area contributed by atoms with Gasteiger partial charge in [0.2, 0.25) is 0 Å². The van der Waals surface area contributed by atoms with Crippen LogP contribution >= 0.6 is 7.26 Å². The van der Waals surface area contributed by atoms with Crippen LogP contribution in [0, 0.1) is 0 Å². The smallest absolute Gasteiger partial charge is 0.167 e. The number of hydrogen-bond acceptors (Lipinski definition) is 2. The average molecular weight is 299 g/mol. The lowest BCUT2D eigenvalue weighted by Gasteiger charge is -2.25. The van der Waals surface area contributed by atoms with Gasteiger partial charge in [0.05, 0.1) is 7.26 Å². The van der Waals surface area contributed by atoms with E-state index in [0.717, 1.165) is 10.6 Å². The third-order valence-corrected chi connectivity index (χ3v) is 8.03. The SMILES string of the molecule is CC(=O)C[P+](CC(C)=O)(c1ccccc1)c1ccccc1. The Hall–Kier alpha value is -1.79. The first kappa shape index (κ1) is 15.6. The van der Waals surface area contributed by atoms with Gasteiger partial charge in [-0.25, -0.2) is 0 Å². The predicted molar refractivity (Wildman–Crippen MR) is 90.2 cm³/mol. The Labute approximate surface area is 126 Å². The minimum absolute atomic E-state index is 0.136. The molecule has 0 radical (unpaired) electrons. The fourth-order valence-corrected chi connectivity index (χ4v) is 6.90. The molecule has 0 spiro atoms. The van der Waals surface area contributed by atoms with Crippen molar-refractivity contribution in [1.82, 2.24) is 0 Å². The average Bonchev–Trinajstić information content (AvgIpc) is 2.47. The van der Waals surface area contributed by atoms with Crippen molar-refractivity contribution >= 4 is 29.4 Å². The lowest BCUT2D eigenvalue weighted by Crippen LogP contribution is -2.31. The van der Waals surface area contributed by atoms with Gasteiger partial charge in [-0.3, -0.25) is 9.59 Å². The van der Waals surface area contributed by atoms with E-state index in [-0.39, 0.29) is 11.6 Å². The Balaban J connectivity index is 2.64. The van der Waals surface area contributed by atoms with E-state index in [2.05, 4.69) is 0 Å². The zero-order valence-electron chi connectivity index (χ0n) is 12.5. The first-order valence-corrected chi connectivity index (χ1v) is 9.18. The molecular formula is C18H20O2P+. The lowest BCUT2D eigenvalue weighted by atomic mass is 10.4. The highest BCUT2D eigenvalue weighted by atomic mass is 31.2. The van der Waals surface area contributed by atoms with E-state index in [0.29, 0.717) is 12.3 Å². The fourth-order valence-electron chi connectivity index (χ4n) is 2.76. The summed E-state index contributed by atoms with van der Waals surface area (Å²) >= 11 is 0. The van der Waals surface area contributed by atoms with Crippen LogP contribution in [0.15, 0.2) is 60.7 Å². The molecule has 0 atom stereocenters. The van der Waals surface area contributed by atoms with Gasteiger partial charge in [-0.2, -0.15) is 0 Å². The van der Waals surface area contributed by atoms with Gasteiger partial charge in [-0.05, 0) is 38.1 Å². The van der Waals surface area contributed by atoms with Crippen LogP contribution in [-0.4, -0.2) is 23.9 Å². The van der Waals surface area contributed by atoms with Gasteiger partial charge in [0.1, 0.15) is 22.9 Å². The van der Waals surface area contributed by atoms with Gasteiger partial charge in [0, 0.05) is 0 Å². The Morgan fingerprint density at radius 1 is 0.714 bits per heavy atom. The molecule has 0 fully saturated rings. The fraction of sp³-hybridized carbons (Fsp3) is 0.222. The van der Waals surface area contributed by atoms with Crippen LogP contribution in [0.4, 0.5) is 0 Å². The molecule has 2 aromatic rings. The second-order valence-corrected chi connectivity index (χ2v) is 8.96. The molecule has 0 aliphatic heterocycles. The molecule has 0 unspecified atom stereocenters. The second-order valence-electron chi connectivity index (χ2n) is 5.36. The number of carbonyl (C=O) groups excluding carboxylic acids is 2. The molecule has 108 valence electrons. The van der Waals surface area contributed by atoms with Crippen LogP contribution in [-0.2, 0) is 9.59 Å². The van der Waals surface area contributed by atoms with E-state index in [1.54, 1.807) is 13.8 Å². The summed E-state index contributed by atoms with van der Waals surface area (Å²) in [5.41, 5.74) is 0. The van der Waals surface area contributed by atoms with Crippen LogP contribution in [0.25, 0.3) is 0 Å². The Morgan fingerprint density at radius 3 is 1.33 bits per heavy atom. The summed E-state index contributed by atoms with van der Waals surface area (Å²) in [6.07, 6.45) is 0.890. The maximum Gasteiger partial charge on any atom is 0.167 e. The lowest BCUT2D eigenvalue weighted by molar-refractivity contribution is -0.115. The second kappa shape index (κ2) is 6.78. The number of hydrogen-bond donors (Lipinski definition) is 0. The molecule has 0 N–H and O–H groups in total.